The maximum atomic E-state index is 5.43. The van der Waals surface area contributed by atoms with Crippen molar-refractivity contribution < 1.29 is 0 Å². The van der Waals surface area contributed by atoms with Gasteiger partial charge in [-0.05, 0) is 37.3 Å². The summed E-state index contributed by atoms with van der Waals surface area (Å²) in [6.07, 6.45) is 3.47. The van der Waals surface area contributed by atoms with E-state index >= 15 is 0 Å². The molecule has 3 rings (SSSR count). The van der Waals surface area contributed by atoms with Crippen molar-refractivity contribution in [1.29, 1.82) is 0 Å². The number of hydrazine groups is 1. The Balaban J connectivity index is 1.87. The number of nitrogen functional groups attached to an aromatic ring is 1. The predicted octanol–water partition coefficient (Wildman–Crippen LogP) is 2.56. The summed E-state index contributed by atoms with van der Waals surface area (Å²) in [5.41, 5.74) is 5.38. The predicted molar refractivity (Wildman–Crippen MR) is 80.3 cm³/mol. The number of nitrogens with zero attached hydrogens (tertiary/aromatic N) is 2. The molecular weight excluding hydrogens is 250 g/mol. The molecule has 4 N–H and O–H groups in total. The number of nitrogens with one attached hydrogen (secondary N) is 2. The zero-order chi connectivity index (χ0) is 13.9. The fourth-order valence-electron chi connectivity index (χ4n) is 2.80. The first-order chi connectivity index (χ1) is 9.76. The number of anilines is 2. The highest BCUT2D eigenvalue weighted by Crippen LogP contribution is 2.32. The van der Waals surface area contributed by atoms with Crippen LogP contribution in [0.25, 0.3) is 0 Å². The van der Waals surface area contributed by atoms with Gasteiger partial charge in [0.25, 0.3) is 0 Å². The monoisotopic (exact) mass is 269 g/mol. The van der Waals surface area contributed by atoms with Crippen LogP contribution in [0.2, 0.25) is 0 Å². The van der Waals surface area contributed by atoms with Crippen molar-refractivity contribution in [3.8, 4) is 0 Å². The molecule has 0 aliphatic heterocycles. The van der Waals surface area contributed by atoms with E-state index in [2.05, 4.69) is 45.0 Å². The molecule has 0 fully saturated rings. The van der Waals surface area contributed by atoms with Gasteiger partial charge < -0.3 is 10.7 Å². The van der Waals surface area contributed by atoms with Gasteiger partial charge in [0, 0.05) is 6.07 Å². The molecule has 1 atom stereocenters. The Labute approximate surface area is 118 Å². The van der Waals surface area contributed by atoms with Crippen LogP contribution in [0.1, 0.15) is 35.8 Å². The maximum absolute atomic E-state index is 5.43. The molecular formula is C15H19N5. The Hall–Kier alpha value is -2.14. The Bertz CT molecular complexity index is 611. The lowest BCUT2D eigenvalue weighted by atomic mass is 9.88. The molecule has 1 unspecified atom stereocenters. The number of aryl methyl sites for hydroxylation is 2. The van der Waals surface area contributed by atoms with E-state index < -0.39 is 0 Å². The van der Waals surface area contributed by atoms with Crippen LogP contribution in [0.4, 0.5) is 11.6 Å². The number of hydrogen-bond acceptors (Lipinski definition) is 5. The van der Waals surface area contributed by atoms with Gasteiger partial charge in [-0.2, -0.15) is 0 Å². The van der Waals surface area contributed by atoms with E-state index in [1.165, 1.54) is 17.5 Å². The Morgan fingerprint density at radius 1 is 1.20 bits per heavy atom. The number of aromatic nitrogens is 2. The highest BCUT2D eigenvalue weighted by molar-refractivity contribution is 5.49. The molecule has 0 saturated heterocycles. The second-order valence-corrected chi connectivity index (χ2v) is 5.12. The van der Waals surface area contributed by atoms with Gasteiger partial charge in [0.05, 0.1) is 6.04 Å². The minimum atomic E-state index is 0.305. The zero-order valence-electron chi connectivity index (χ0n) is 11.6. The lowest BCUT2D eigenvalue weighted by Gasteiger charge is -2.27. The highest BCUT2D eigenvalue weighted by atomic mass is 15.3. The average Bonchev–Trinajstić information content (AvgIpc) is 2.47. The summed E-state index contributed by atoms with van der Waals surface area (Å²) >= 11 is 0. The molecule has 1 aromatic carbocycles. The van der Waals surface area contributed by atoms with Gasteiger partial charge in [-0.25, -0.2) is 15.8 Å². The number of fused-ring (bicyclic) bond motifs is 1. The molecule has 0 amide bonds. The number of nitrogens with two attached hydrogens (primary N) is 1. The molecule has 104 valence electrons. The average molecular weight is 269 g/mol. The summed E-state index contributed by atoms with van der Waals surface area (Å²) in [5.74, 6) is 7.57. The van der Waals surface area contributed by atoms with Crippen molar-refractivity contribution in [2.45, 2.75) is 32.2 Å². The number of rotatable bonds is 3. The lowest BCUT2D eigenvalue weighted by Crippen LogP contribution is -2.18. The molecule has 0 spiro atoms. The topological polar surface area (TPSA) is 75.9 Å². The molecule has 0 radical (unpaired) electrons. The van der Waals surface area contributed by atoms with Crippen LogP contribution in [0.15, 0.2) is 30.3 Å². The maximum Gasteiger partial charge on any atom is 0.145 e. The summed E-state index contributed by atoms with van der Waals surface area (Å²) in [7, 11) is 0. The number of hydrogen-bond donors (Lipinski definition) is 3. The fraction of sp³-hybridized carbons (Fsp3) is 0.333. The largest absolute Gasteiger partial charge is 0.363 e. The molecule has 0 saturated carbocycles. The van der Waals surface area contributed by atoms with E-state index in [9.17, 15) is 0 Å². The third-order valence-corrected chi connectivity index (χ3v) is 3.68. The van der Waals surface area contributed by atoms with Crippen molar-refractivity contribution >= 4 is 11.6 Å². The molecule has 0 bridgehead atoms. The lowest BCUT2D eigenvalue weighted by molar-refractivity contribution is 0.598. The minimum Gasteiger partial charge on any atom is -0.363 e. The first kappa shape index (κ1) is 12.9. The highest BCUT2D eigenvalue weighted by Gasteiger charge is 2.20. The molecule has 5 nitrogen and oxygen atoms in total. The third kappa shape index (κ3) is 2.58. The van der Waals surface area contributed by atoms with E-state index in [0.29, 0.717) is 17.7 Å². The normalized spacial score (nSPS) is 17.4. The summed E-state index contributed by atoms with van der Waals surface area (Å²) in [6, 6.07) is 10.7. The number of benzene rings is 1. The van der Waals surface area contributed by atoms with Crippen molar-refractivity contribution in [2.75, 3.05) is 10.7 Å². The summed E-state index contributed by atoms with van der Waals surface area (Å²) in [4.78, 5) is 8.63. The smallest absolute Gasteiger partial charge is 0.145 e. The molecule has 1 aliphatic carbocycles. The van der Waals surface area contributed by atoms with Gasteiger partial charge in [0.1, 0.15) is 17.5 Å². The molecule has 2 aromatic rings. The second-order valence-electron chi connectivity index (χ2n) is 5.12. The third-order valence-electron chi connectivity index (χ3n) is 3.68. The summed E-state index contributed by atoms with van der Waals surface area (Å²) < 4.78 is 0. The first-order valence-corrected chi connectivity index (χ1v) is 6.93. The summed E-state index contributed by atoms with van der Waals surface area (Å²) in [5, 5.41) is 3.51. The fourth-order valence-corrected chi connectivity index (χ4v) is 2.80. The van der Waals surface area contributed by atoms with Gasteiger partial charge in [-0.3, -0.25) is 0 Å². The van der Waals surface area contributed by atoms with Crippen LogP contribution in [-0.4, -0.2) is 9.97 Å². The van der Waals surface area contributed by atoms with E-state index in [1.807, 2.05) is 13.0 Å². The van der Waals surface area contributed by atoms with Gasteiger partial charge in [0.15, 0.2) is 0 Å². The van der Waals surface area contributed by atoms with Crippen LogP contribution in [-0.2, 0) is 6.42 Å². The van der Waals surface area contributed by atoms with Crippen molar-refractivity contribution in [3.05, 3.63) is 47.3 Å². The quantitative estimate of drug-likeness (QED) is 0.590. The van der Waals surface area contributed by atoms with Crippen LogP contribution in [0.5, 0.6) is 0 Å². The Morgan fingerprint density at radius 2 is 2.00 bits per heavy atom. The minimum absolute atomic E-state index is 0.305. The van der Waals surface area contributed by atoms with Gasteiger partial charge in [-0.15, -0.1) is 0 Å². The van der Waals surface area contributed by atoms with Crippen LogP contribution in [0, 0.1) is 6.92 Å². The molecule has 5 heteroatoms. The second kappa shape index (κ2) is 5.46. The molecule has 1 aliphatic rings. The van der Waals surface area contributed by atoms with Crippen molar-refractivity contribution in [1.82, 2.24) is 9.97 Å². The van der Waals surface area contributed by atoms with Crippen molar-refractivity contribution in [2.24, 2.45) is 5.84 Å². The van der Waals surface area contributed by atoms with Crippen LogP contribution < -0.4 is 16.6 Å². The SMILES string of the molecule is Cc1nc(NN)cc(NC2CCCc3ccccc32)n1. The molecule has 20 heavy (non-hydrogen) atoms. The standard InChI is InChI=1S/C15H19N5/c1-10-17-14(9-15(18-10)20-16)19-13-8-4-6-11-5-2-3-7-12(11)13/h2-3,5,7,9,13H,4,6,8,16H2,1H3,(H2,17,18,19,20). The van der Waals surface area contributed by atoms with Crippen molar-refractivity contribution in [3.63, 3.8) is 0 Å². The van der Waals surface area contributed by atoms with E-state index in [-0.39, 0.29) is 0 Å². The zero-order valence-corrected chi connectivity index (χ0v) is 11.6. The molecule has 1 heterocycles. The van der Waals surface area contributed by atoms with Gasteiger partial charge in [-0.1, -0.05) is 24.3 Å². The van der Waals surface area contributed by atoms with Crippen LogP contribution in [0.3, 0.4) is 0 Å². The first-order valence-electron chi connectivity index (χ1n) is 6.93. The summed E-state index contributed by atoms with van der Waals surface area (Å²) in [6.45, 7) is 1.86. The van der Waals surface area contributed by atoms with Gasteiger partial charge in [0.2, 0.25) is 0 Å². The van der Waals surface area contributed by atoms with E-state index in [1.54, 1.807) is 0 Å². The van der Waals surface area contributed by atoms with Gasteiger partial charge >= 0.3 is 0 Å². The Morgan fingerprint density at radius 3 is 2.85 bits per heavy atom. The Kier molecular flexibility index (Phi) is 3.52. The van der Waals surface area contributed by atoms with Crippen LogP contribution >= 0.6 is 0 Å². The molecule has 1 aromatic heterocycles. The van der Waals surface area contributed by atoms with E-state index in [4.69, 9.17) is 5.84 Å². The van der Waals surface area contributed by atoms with E-state index in [0.717, 1.165) is 18.7 Å².